The highest BCUT2D eigenvalue weighted by Gasteiger charge is 2.32. The van der Waals surface area contributed by atoms with Gasteiger partial charge in [-0.15, -0.1) is 0 Å². The molecular weight excluding hydrogens is 358 g/mol. The maximum atomic E-state index is 12.6. The van der Waals surface area contributed by atoms with Crippen LogP contribution in [0.5, 0.6) is 0 Å². The van der Waals surface area contributed by atoms with E-state index in [1.165, 1.54) is 26.2 Å². The van der Waals surface area contributed by atoms with Gasteiger partial charge in [-0.25, -0.2) is 0 Å². The molecule has 0 spiro atoms. The van der Waals surface area contributed by atoms with Crippen LogP contribution in [0.3, 0.4) is 0 Å². The molecule has 1 rings (SSSR count). The summed E-state index contributed by atoms with van der Waals surface area (Å²) in [5.41, 5.74) is 11.5. The molecular formula is C21H39N3O4. The second-order valence-corrected chi connectivity index (χ2v) is 8.54. The fraction of sp³-hybridized carbons (Fsp3) is 0.857. The summed E-state index contributed by atoms with van der Waals surface area (Å²) in [7, 11) is 0. The average molecular weight is 398 g/mol. The molecule has 0 bridgehead atoms. The number of hydrogen-bond donors (Lipinski definition) is 4. The number of nitrogens with two attached hydrogens (primary N) is 2. The Balaban J connectivity index is 2.70. The number of carbonyl (C=O) groups is 3. The van der Waals surface area contributed by atoms with Crippen molar-refractivity contribution in [2.45, 2.75) is 77.9 Å². The zero-order chi connectivity index (χ0) is 21.3. The number of amides is 1. The molecule has 0 aromatic heterocycles. The number of carbonyl (C=O) groups excluding carboxylic acids is 3. The third-order valence-corrected chi connectivity index (χ3v) is 5.94. The molecule has 0 radical (unpaired) electrons. The Morgan fingerprint density at radius 1 is 1.00 bits per heavy atom. The van der Waals surface area contributed by atoms with Gasteiger partial charge in [0.25, 0.3) is 0 Å². The van der Waals surface area contributed by atoms with Gasteiger partial charge in [0, 0.05) is 25.3 Å². The summed E-state index contributed by atoms with van der Waals surface area (Å²) in [6.07, 6.45) is 5.08. The average Bonchev–Trinajstić information content (AvgIpc) is 2.67. The highest BCUT2D eigenvalue weighted by atomic mass is 16.3. The number of rotatable bonds is 12. The largest absolute Gasteiger partial charge is 0.393 e. The predicted octanol–water partition coefficient (Wildman–Crippen LogP) is 1.16. The third kappa shape index (κ3) is 7.60. The van der Waals surface area contributed by atoms with Gasteiger partial charge in [0.2, 0.25) is 5.91 Å². The van der Waals surface area contributed by atoms with Crippen molar-refractivity contribution in [1.82, 2.24) is 5.32 Å². The van der Waals surface area contributed by atoms with Crippen LogP contribution < -0.4 is 16.8 Å². The summed E-state index contributed by atoms with van der Waals surface area (Å²) < 4.78 is 0. The van der Waals surface area contributed by atoms with Crippen molar-refractivity contribution in [3.05, 3.63) is 0 Å². The molecule has 0 aromatic carbocycles. The first kappa shape index (κ1) is 24.7. The molecule has 0 aliphatic heterocycles. The summed E-state index contributed by atoms with van der Waals surface area (Å²) in [6.45, 7) is 5.41. The van der Waals surface area contributed by atoms with Crippen molar-refractivity contribution in [2.24, 2.45) is 35.1 Å². The zero-order valence-electron chi connectivity index (χ0n) is 17.7. The van der Waals surface area contributed by atoms with E-state index in [0.29, 0.717) is 18.9 Å². The Kier molecular flexibility index (Phi) is 10.9. The van der Waals surface area contributed by atoms with E-state index in [-0.39, 0.29) is 36.4 Å². The van der Waals surface area contributed by atoms with Crippen LogP contribution in [0.15, 0.2) is 0 Å². The number of ketones is 2. The molecule has 7 heteroatoms. The van der Waals surface area contributed by atoms with E-state index < -0.39 is 24.0 Å². The SMILES string of the molecule is CC(C)C(=O)[C@H](CN)NC(=O)[C@@H](CC(=O)CC(CN)C1CCCCC1)C(C)O. The van der Waals surface area contributed by atoms with Crippen LogP contribution in [0, 0.1) is 23.7 Å². The zero-order valence-corrected chi connectivity index (χ0v) is 17.7. The van der Waals surface area contributed by atoms with E-state index in [4.69, 9.17) is 11.5 Å². The number of aliphatic hydroxyl groups excluding tert-OH is 1. The fourth-order valence-corrected chi connectivity index (χ4v) is 4.08. The molecule has 6 N–H and O–H groups in total. The first-order valence-electron chi connectivity index (χ1n) is 10.6. The van der Waals surface area contributed by atoms with Gasteiger partial charge < -0.3 is 21.9 Å². The van der Waals surface area contributed by atoms with Crippen LogP contribution >= 0.6 is 0 Å². The molecule has 4 atom stereocenters. The lowest BCUT2D eigenvalue weighted by atomic mass is 9.77. The summed E-state index contributed by atoms with van der Waals surface area (Å²) >= 11 is 0. The Morgan fingerprint density at radius 3 is 2.07 bits per heavy atom. The minimum Gasteiger partial charge on any atom is -0.393 e. The molecule has 1 aliphatic rings. The first-order valence-corrected chi connectivity index (χ1v) is 10.6. The van der Waals surface area contributed by atoms with E-state index >= 15 is 0 Å². The van der Waals surface area contributed by atoms with Gasteiger partial charge in [-0.2, -0.15) is 0 Å². The van der Waals surface area contributed by atoms with Crippen molar-refractivity contribution in [3.63, 3.8) is 0 Å². The first-order chi connectivity index (χ1) is 13.2. The lowest BCUT2D eigenvalue weighted by molar-refractivity contribution is -0.136. The molecule has 1 amide bonds. The maximum absolute atomic E-state index is 12.6. The second kappa shape index (κ2) is 12.3. The van der Waals surface area contributed by atoms with E-state index in [1.807, 2.05) is 0 Å². The highest BCUT2D eigenvalue weighted by Crippen LogP contribution is 2.32. The normalized spacial score (nSPS) is 19.7. The standard InChI is InChI=1S/C21H39N3O4/c1-13(2)20(27)19(12-23)24-21(28)18(14(3)25)10-17(26)9-16(11-22)15-7-5-4-6-8-15/h13-16,18-19,25H,4-12,22-23H2,1-3H3,(H,24,28)/t14?,16?,18-,19-/m0/s1. The minimum atomic E-state index is -0.998. The van der Waals surface area contributed by atoms with E-state index in [9.17, 15) is 19.5 Å². The van der Waals surface area contributed by atoms with E-state index in [2.05, 4.69) is 5.32 Å². The minimum absolute atomic E-state index is 0.0137. The molecule has 1 aliphatic carbocycles. The molecule has 1 saturated carbocycles. The summed E-state index contributed by atoms with van der Waals surface area (Å²) in [6, 6.07) is -0.803. The summed E-state index contributed by atoms with van der Waals surface area (Å²) in [4.78, 5) is 37.4. The molecule has 2 unspecified atom stereocenters. The monoisotopic (exact) mass is 397 g/mol. The molecule has 1 fully saturated rings. The van der Waals surface area contributed by atoms with Crippen molar-refractivity contribution < 1.29 is 19.5 Å². The Labute approximate surface area is 169 Å². The second-order valence-electron chi connectivity index (χ2n) is 8.54. The van der Waals surface area contributed by atoms with Crippen LogP contribution in [0.1, 0.15) is 65.7 Å². The number of hydrogen-bond acceptors (Lipinski definition) is 6. The van der Waals surface area contributed by atoms with Crippen molar-refractivity contribution in [3.8, 4) is 0 Å². The van der Waals surface area contributed by atoms with Gasteiger partial charge >= 0.3 is 0 Å². The quantitative estimate of drug-likeness (QED) is 0.390. The van der Waals surface area contributed by atoms with Gasteiger partial charge in [0.15, 0.2) is 5.78 Å². The van der Waals surface area contributed by atoms with E-state index in [1.54, 1.807) is 13.8 Å². The van der Waals surface area contributed by atoms with Crippen LogP contribution in [0.2, 0.25) is 0 Å². The van der Waals surface area contributed by atoms with Crippen molar-refractivity contribution in [1.29, 1.82) is 0 Å². The van der Waals surface area contributed by atoms with Gasteiger partial charge in [0.05, 0.1) is 18.1 Å². The topological polar surface area (TPSA) is 136 Å². The Bertz CT molecular complexity index is 516. The molecule has 7 nitrogen and oxygen atoms in total. The van der Waals surface area contributed by atoms with Gasteiger partial charge in [-0.3, -0.25) is 14.4 Å². The number of Topliss-reactive ketones (excluding diaryl/α,β-unsaturated/α-hetero) is 2. The van der Waals surface area contributed by atoms with Crippen LogP contribution in [0.4, 0.5) is 0 Å². The predicted molar refractivity (Wildman–Crippen MR) is 109 cm³/mol. The smallest absolute Gasteiger partial charge is 0.226 e. The summed E-state index contributed by atoms with van der Waals surface area (Å²) in [5.74, 6) is -1.30. The molecule has 0 aromatic rings. The Hall–Kier alpha value is -1.31. The molecule has 162 valence electrons. The Morgan fingerprint density at radius 2 is 1.61 bits per heavy atom. The van der Waals surface area contributed by atoms with Gasteiger partial charge in [-0.05, 0) is 25.3 Å². The van der Waals surface area contributed by atoms with Crippen LogP contribution in [-0.4, -0.2) is 47.8 Å². The molecule has 0 heterocycles. The third-order valence-electron chi connectivity index (χ3n) is 5.94. The highest BCUT2D eigenvalue weighted by molar-refractivity contribution is 5.93. The van der Waals surface area contributed by atoms with Crippen molar-refractivity contribution in [2.75, 3.05) is 13.1 Å². The summed E-state index contributed by atoms with van der Waals surface area (Å²) in [5, 5.41) is 12.7. The van der Waals surface area contributed by atoms with Crippen molar-refractivity contribution >= 4 is 17.5 Å². The van der Waals surface area contributed by atoms with Crippen LogP contribution in [0.25, 0.3) is 0 Å². The fourth-order valence-electron chi connectivity index (χ4n) is 4.08. The molecule has 28 heavy (non-hydrogen) atoms. The van der Waals surface area contributed by atoms with Gasteiger partial charge in [-0.1, -0.05) is 46.0 Å². The van der Waals surface area contributed by atoms with E-state index in [0.717, 1.165) is 12.8 Å². The lowest BCUT2D eigenvalue weighted by Gasteiger charge is -2.29. The molecule has 0 saturated heterocycles. The van der Waals surface area contributed by atoms with Gasteiger partial charge in [0.1, 0.15) is 5.78 Å². The lowest BCUT2D eigenvalue weighted by Crippen LogP contribution is -2.51. The van der Waals surface area contributed by atoms with Crippen LogP contribution in [-0.2, 0) is 14.4 Å². The number of aliphatic hydroxyl groups is 1. The number of nitrogens with one attached hydrogen (secondary N) is 1. The maximum Gasteiger partial charge on any atom is 0.226 e.